The first-order valence-electron chi connectivity index (χ1n) is 7.34. The second-order valence-corrected chi connectivity index (χ2v) is 12.2. The highest BCUT2D eigenvalue weighted by molar-refractivity contribution is 6.74. The standard InChI is InChI=1S/C16H27NO4Si/c1-15(2,3)22(7,8)21-16(4,5)13-11-12(14(18)20-6)9-10-17(13)19/h9-11H,1-8H3. The lowest BCUT2D eigenvalue weighted by atomic mass is 10.0. The molecule has 0 N–H and O–H groups in total. The number of nitrogens with zero attached hydrogens (tertiary/aromatic N) is 1. The van der Waals surface area contributed by atoms with Gasteiger partial charge in [0.25, 0.3) is 0 Å². The molecule has 124 valence electrons. The zero-order chi connectivity index (χ0) is 17.3. The van der Waals surface area contributed by atoms with E-state index in [0.29, 0.717) is 11.3 Å². The Hall–Kier alpha value is -1.40. The van der Waals surface area contributed by atoms with E-state index in [2.05, 4.69) is 33.9 Å². The molecule has 0 aliphatic rings. The number of aromatic nitrogens is 1. The number of pyridine rings is 1. The minimum absolute atomic E-state index is 0.0257. The Kier molecular flexibility index (Phi) is 5.09. The van der Waals surface area contributed by atoms with Crippen LogP contribution in [0.4, 0.5) is 0 Å². The number of esters is 1. The first-order chi connectivity index (χ1) is 9.82. The van der Waals surface area contributed by atoms with Crippen LogP contribution < -0.4 is 4.73 Å². The van der Waals surface area contributed by atoms with Gasteiger partial charge in [-0.2, -0.15) is 4.73 Å². The van der Waals surface area contributed by atoms with Crippen molar-refractivity contribution in [1.29, 1.82) is 0 Å². The van der Waals surface area contributed by atoms with Crippen molar-refractivity contribution in [1.82, 2.24) is 0 Å². The summed E-state index contributed by atoms with van der Waals surface area (Å²) in [5, 5.41) is 12.2. The molecule has 0 amide bonds. The molecule has 22 heavy (non-hydrogen) atoms. The van der Waals surface area contributed by atoms with Crippen LogP contribution >= 0.6 is 0 Å². The Morgan fingerprint density at radius 3 is 2.23 bits per heavy atom. The molecule has 1 aromatic rings. The molecule has 0 unspecified atom stereocenters. The molecule has 1 aromatic heterocycles. The smallest absolute Gasteiger partial charge is 0.338 e. The molecule has 0 atom stereocenters. The zero-order valence-electron chi connectivity index (χ0n) is 14.8. The fourth-order valence-electron chi connectivity index (χ4n) is 2.01. The molecule has 1 rings (SSSR count). The highest BCUT2D eigenvalue weighted by Crippen LogP contribution is 2.41. The molecule has 0 aliphatic carbocycles. The topological polar surface area (TPSA) is 62.5 Å². The van der Waals surface area contributed by atoms with Gasteiger partial charge in [-0.1, -0.05) is 20.8 Å². The van der Waals surface area contributed by atoms with E-state index in [-0.39, 0.29) is 5.04 Å². The number of ether oxygens (including phenoxy) is 1. The van der Waals surface area contributed by atoms with Crippen molar-refractivity contribution in [3.05, 3.63) is 34.8 Å². The number of methoxy groups -OCH3 is 1. The number of hydrogen-bond donors (Lipinski definition) is 0. The summed E-state index contributed by atoms with van der Waals surface area (Å²) in [4.78, 5) is 11.7. The largest absolute Gasteiger partial charge is 0.618 e. The molecule has 0 aromatic carbocycles. The van der Waals surface area contributed by atoms with Gasteiger partial charge in [-0.15, -0.1) is 0 Å². The molecule has 0 fully saturated rings. The van der Waals surface area contributed by atoms with Gasteiger partial charge >= 0.3 is 5.97 Å². The van der Waals surface area contributed by atoms with Crippen molar-refractivity contribution in [2.75, 3.05) is 7.11 Å². The van der Waals surface area contributed by atoms with Gasteiger partial charge in [-0.3, -0.25) is 0 Å². The Bertz CT molecular complexity index is 562. The van der Waals surface area contributed by atoms with Crippen LogP contribution in [0.5, 0.6) is 0 Å². The lowest BCUT2D eigenvalue weighted by molar-refractivity contribution is -0.621. The maximum absolute atomic E-state index is 12.2. The van der Waals surface area contributed by atoms with Gasteiger partial charge in [0, 0.05) is 12.1 Å². The molecular formula is C16H27NO4Si. The Labute approximate surface area is 134 Å². The van der Waals surface area contributed by atoms with Crippen LogP contribution in [0.3, 0.4) is 0 Å². The summed E-state index contributed by atoms with van der Waals surface area (Å²) < 4.78 is 11.9. The maximum atomic E-state index is 12.2. The Morgan fingerprint density at radius 2 is 1.77 bits per heavy atom. The van der Waals surface area contributed by atoms with Gasteiger partial charge in [-0.05, 0) is 32.0 Å². The van der Waals surface area contributed by atoms with E-state index in [4.69, 9.17) is 9.16 Å². The molecule has 0 bridgehead atoms. The van der Waals surface area contributed by atoms with E-state index >= 15 is 0 Å². The second-order valence-electron chi connectivity index (χ2n) is 7.49. The fourth-order valence-corrected chi connectivity index (χ4v) is 3.70. The van der Waals surface area contributed by atoms with Crippen LogP contribution in [0.15, 0.2) is 18.3 Å². The van der Waals surface area contributed by atoms with Crippen molar-refractivity contribution in [2.45, 2.75) is 58.4 Å². The van der Waals surface area contributed by atoms with E-state index in [9.17, 15) is 10.0 Å². The highest BCUT2D eigenvalue weighted by atomic mass is 28.4. The van der Waals surface area contributed by atoms with Crippen LogP contribution in [0.25, 0.3) is 0 Å². The van der Waals surface area contributed by atoms with Crippen molar-refractivity contribution in [2.24, 2.45) is 0 Å². The molecule has 0 radical (unpaired) electrons. The average molecular weight is 325 g/mol. The van der Waals surface area contributed by atoms with Crippen molar-refractivity contribution >= 4 is 14.3 Å². The normalized spacial score (nSPS) is 13.1. The minimum Gasteiger partial charge on any atom is -0.618 e. The van der Waals surface area contributed by atoms with E-state index in [1.807, 2.05) is 13.8 Å². The Morgan fingerprint density at radius 1 is 1.23 bits per heavy atom. The van der Waals surface area contributed by atoms with Gasteiger partial charge in [0.15, 0.2) is 14.5 Å². The van der Waals surface area contributed by atoms with E-state index in [0.717, 1.165) is 4.73 Å². The molecule has 0 spiro atoms. The lowest BCUT2D eigenvalue weighted by Gasteiger charge is -2.41. The van der Waals surface area contributed by atoms with Gasteiger partial charge in [0.2, 0.25) is 5.69 Å². The summed E-state index contributed by atoms with van der Waals surface area (Å²) in [7, 11) is -0.750. The van der Waals surface area contributed by atoms with Crippen molar-refractivity contribution in [3.8, 4) is 0 Å². The van der Waals surface area contributed by atoms with Crippen LogP contribution in [-0.4, -0.2) is 21.4 Å². The third-order valence-corrected chi connectivity index (χ3v) is 8.91. The fraction of sp³-hybridized carbons (Fsp3) is 0.625. The predicted octanol–water partition coefficient (Wildman–Crippen LogP) is 3.36. The summed E-state index contributed by atoms with van der Waals surface area (Å²) in [5.41, 5.74) is -0.0499. The molecule has 0 saturated carbocycles. The van der Waals surface area contributed by atoms with Crippen molar-refractivity contribution < 1.29 is 18.7 Å². The molecule has 1 heterocycles. The van der Waals surface area contributed by atoms with Gasteiger partial charge in [-0.25, -0.2) is 4.79 Å². The maximum Gasteiger partial charge on any atom is 0.338 e. The molecule has 0 saturated heterocycles. The van der Waals surface area contributed by atoms with E-state index in [1.54, 1.807) is 6.07 Å². The van der Waals surface area contributed by atoms with Gasteiger partial charge in [0.05, 0.1) is 12.7 Å². The van der Waals surface area contributed by atoms with E-state index in [1.165, 1.54) is 19.4 Å². The molecular weight excluding hydrogens is 298 g/mol. The lowest BCUT2D eigenvalue weighted by Crippen LogP contribution is -2.50. The van der Waals surface area contributed by atoms with Gasteiger partial charge < -0.3 is 14.4 Å². The van der Waals surface area contributed by atoms with Gasteiger partial charge in [0.1, 0.15) is 5.60 Å². The number of rotatable bonds is 4. The monoisotopic (exact) mass is 325 g/mol. The van der Waals surface area contributed by atoms with Crippen molar-refractivity contribution in [3.63, 3.8) is 0 Å². The molecule has 6 heteroatoms. The summed E-state index contributed by atoms with van der Waals surface area (Å²) in [6, 6.07) is 3.00. The number of carbonyl (C=O) groups excluding carboxylic acids is 1. The SMILES string of the molecule is COC(=O)c1cc[n+]([O-])c(C(C)(C)O[Si](C)(C)C(C)(C)C)c1. The quantitative estimate of drug-likeness (QED) is 0.368. The summed E-state index contributed by atoms with van der Waals surface area (Å²) >= 11 is 0. The first-order valence-corrected chi connectivity index (χ1v) is 10.2. The van der Waals surface area contributed by atoms with Crippen LogP contribution in [0, 0.1) is 5.21 Å². The third-order valence-electron chi connectivity index (χ3n) is 4.27. The predicted molar refractivity (Wildman–Crippen MR) is 88.0 cm³/mol. The summed E-state index contributed by atoms with van der Waals surface area (Å²) in [6.07, 6.45) is 1.32. The van der Waals surface area contributed by atoms with Crippen LogP contribution in [-0.2, 0) is 14.8 Å². The summed E-state index contributed by atoms with van der Waals surface area (Å²) in [5.74, 6) is -0.468. The van der Waals surface area contributed by atoms with Crippen LogP contribution in [0.1, 0.15) is 50.7 Å². The first kappa shape index (κ1) is 18.6. The Balaban J connectivity index is 3.25. The van der Waals surface area contributed by atoms with E-state index < -0.39 is 19.9 Å². The zero-order valence-corrected chi connectivity index (χ0v) is 15.8. The second kappa shape index (κ2) is 6.00. The number of carbonyl (C=O) groups is 1. The molecule has 0 aliphatic heterocycles. The summed E-state index contributed by atoms with van der Waals surface area (Å²) in [6.45, 7) is 14.4. The minimum atomic E-state index is -2.07. The van der Waals surface area contributed by atoms with Crippen LogP contribution in [0.2, 0.25) is 18.1 Å². The average Bonchev–Trinajstić information content (AvgIpc) is 2.35. The third kappa shape index (κ3) is 3.87. The molecule has 5 nitrogen and oxygen atoms in total. The highest BCUT2D eigenvalue weighted by Gasteiger charge is 2.44. The number of hydrogen-bond acceptors (Lipinski definition) is 4.